The van der Waals surface area contributed by atoms with Crippen LogP contribution in [0.15, 0.2) is 97.4 Å². The van der Waals surface area contributed by atoms with E-state index in [1.54, 1.807) is 30.3 Å². The van der Waals surface area contributed by atoms with Gasteiger partial charge in [-0.05, 0) is 70.0 Å². The minimum absolute atomic E-state index is 0.0985. The Morgan fingerprint density at radius 2 is 1.71 bits per heavy atom. The van der Waals surface area contributed by atoms with Gasteiger partial charge < -0.3 is 19.2 Å². The minimum atomic E-state index is -0.596. The molecule has 0 radical (unpaired) electrons. The van der Waals surface area contributed by atoms with E-state index in [0.717, 1.165) is 26.5 Å². The molecule has 0 atom stereocenters. The fourth-order valence-corrected chi connectivity index (χ4v) is 6.11. The smallest absolute Gasteiger partial charge is 0.343 e. The van der Waals surface area contributed by atoms with Gasteiger partial charge in [-0.3, -0.25) is 4.79 Å². The maximum atomic E-state index is 13.4. The fraction of sp³-hybridized carbons (Fsp3) is 0.0333. The molecule has 0 spiro atoms. The number of rotatable bonds is 6. The molecule has 0 unspecified atom stereocenters. The van der Waals surface area contributed by atoms with Crippen LogP contribution in [0.3, 0.4) is 0 Å². The molecule has 204 valence electrons. The van der Waals surface area contributed by atoms with Crippen LogP contribution in [0, 0.1) is 0 Å². The molecule has 4 aromatic carbocycles. The van der Waals surface area contributed by atoms with Crippen molar-refractivity contribution in [1.29, 1.82) is 0 Å². The SMILES string of the molecule is O=C(Oc1c(Br)cc(Br)cc1C=NNC(=O)c1[nH]c2ccc(Br)cc2c1-c1ccccc1)c1ccc2c(c1)OCO2. The van der Waals surface area contributed by atoms with E-state index in [2.05, 4.69) is 63.3 Å². The predicted octanol–water partition coefficient (Wildman–Crippen LogP) is 7.83. The van der Waals surface area contributed by atoms with Crippen molar-refractivity contribution < 1.29 is 23.8 Å². The number of carbonyl (C=O) groups excluding carboxylic acids is 2. The van der Waals surface area contributed by atoms with Gasteiger partial charge in [-0.15, -0.1) is 0 Å². The number of nitrogens with zero attached hydrogens (tertiary/aromatic N) is 1. The van der Waals surface area contributed by atoms with Crippen LogP contribution in [0.5, 0.6) is 17.2 Å². The van der Waals surface area contributed by atoms with Crippen molar-refractivity contribution in [3.8, 4) is 28.4 Å². The molecule has 1 aliphatic rings. The lowest BCUT2D eigenvalue weighted by molar-refractivity contribution is 0.0732. The highest BCUT2D eigenvalue weighted by Gasteiger charge is 2.21. The first-order valence-electron chi connectivity index (χ1n) is 12.2. The molecular weight excluding hydrogens is 722 g/mol. The van der Waals surface area contributed by atoms with Crippen molar-refractivity contribution in [3.63, 3.8) is 0 Å². The topological polar surface area (TPSA) is 102 Å². The van der Waals surface area contributed by atoms with E-state index < -0.39 is 11.9 Å². The normalized spacial score (nSPS) is 12.2. The van der Waals surface area contributed by atoms with Gasteiger partial charge in [0, 0.05) is 31.0 Å². The molecular formula is C30H18Br3N3O5. The molecule has 8 nitrogen and oxygen atoms in total. The Bertz CT molecular complexity index is 1850. The Morgan fingerprint density at radius 3 is 2.54 bits per heavy atom. The zero-order valence-electron chi connectivity index (χ0n) is 20.9. The van der Waals surface area contributed by atoms with Crippen molar-refractivity contribution in [1.82, 2.24) is 10.4 Å². The Kier molecular flexibility index (Phi) is 7.65. The Hall–Kier alpha value is -3.93. The number of hydrazone groups is 1. The summed E-state index contributed by atoms with van der Waals surface area (Å²) in [7, 11) is 0. The summed E-state index contributed by atoms with van der Waals surface area (Å²) < 4.78 is 18.5. The first-order valence-corrected chi connectivity index (χ1v) is 14.6. The van der Waals surface area contributed by atoms with Gasteiger partial charge in [-0.25, -0.2) is 10.2 Å². The molecule has 5 aromatic rings. The van der Waals surface area contributed by atoms with Crippen LogP contribution in [-0.4, -0.2) is 29.9 Å². The lowest BCUT2D eigenvalue weighted by Crippen LogP contribution is -2.19. The number of hydrogen-bond acceptors (Lipinski definition) is 6. The number of esters is 1. The highest BCUT2D eigenvalue weighted by atomic mass is 79.9. The van der Waals surface area contributed by atoms with Crippen LogP contribution in [0.25, 0.3) is 22.0 Å². The summed E-state index contributed by atoms with van der Waals surface area (Å²) in [6.45, 7) is 0.0985. The van der Waals surface area contributed by atoms with Gasteiger partial charge in [-0.1, -0.05) is 62.2 Å². The molecule has 6 rings (SSSR count). The number of halogens is 3. The van der Waals surface area contributed by atoms with Crippen molar-refractivity contribution in [2.75, 3.05) is 6.79 Å². The van der Waals surface area contributed by atoms with Crippen molar-refractivity contribution in [2.24, 2.45) is 5.10 Å². The number of aromatic nitrogens is 1. The van der Waals surface area contributed by atoms with Gasteiger partial charge in [0.2, 0.25) is 6.79 Å². The van der Waals surface area contributed by atoms with Crippen molar-refractivity contribution in [2.45, 2.75) is 0 Å². The molecule has 0 bridgehead atoms. The first kappa shape index (κ1) is 27.3. The quantitative estimate of drug-likeness (QED) is 0.0800. The Balaban J connectivity index is 1.27. The monoisotopic (exact) mass is 737 g/mol. The molecule has 1 aliphatic heterocycles. The predicted molar refractivity (Wildman–Crippen MR) is 166 cm³/mol. The summed E-state index contributed by atoms with van der Waals surface area (Å²) >= 11 is 10.4. The van der Waals surface area contributed by atoms with Crippen LogP contribution in [-0.2, 0) is 0 Å². The number of H-pyrrole nitrogens is 1. The van der Waals surface area contributed by atoms with Crippen LogP contribution in [0.1, 0.15) is 26.4 Å². The number of benzene rings is 4. The van der Waals surface area contributed by atoms with E-state index in [0.29, 0.717) is 37.3 Å². The number of ether oxygens (including phenoxy) is 3. The molecule has 0 saturated heterocycles. The number of amides is 1. The summed E-state index contributed by atoms with van der Waals surface area (Å²) in [6.07, 6.45) is 1.41. The molecule has 1 amide bonds. The second-order valence-corrected chi connectivity index (χ2v) is 11.6. The fourth-order valence-electron chi connectivity index (χ4n) is 4.41. The number of aromatic amines is 1. The molecule has 2 N–H and O–H groups in total. The molecule has 0 saturated carbocycles. The number of nitrogens with one attached hydrogen (secondary N) is 2. The summed E-state index contributed by atoms with van der Waals surface area (Å²) in [4.78, 5) is 29.6. The summed E-state index contributed by atoms with van der Waals surface area (Å²) in [6, 6.07) is 23.7. The average molecular weight is 740 g/mol. The highest BCUT2D eigenvalue weighted by molar-refractivity contribution is 9.11. The van der Waals surface area contributed by atoms with Crippen LogP contribution >= 0.6 is 47.8 Å². The van der Waals surface area contributed by atoms with Crippen LogP contribution in [0.2, 0.25) is 0 Å². The molecule has 11 heteroatoms. The van der Waals surface area contributed by atoms with E-state index >= 15 is 0 Å². The third kappa shape index (κ3) is 5.65. The van der Waals surface area contributed by atoms with E-state index in [1.807, 2.05) is 48.5 Å². The summed E-state index contributed by atoms with van der Waals surface area (Å²) in [5, 5.41) is 5.08. The Labute approximate surface area is 259 Å². The Morgan fingerprint density at radius 1 is 0.902 bits per heavy atom. The maximum Gasteiger partial charge on any atom is 0.343 e. The molecule has 2 heterocycles. The minimum Gasteiger partial charge on any atom is -0.454 e. The van der Waals surface area contributed by atoms with Gasteiger partial charge in [0.1, 0.15) is 5.69 Å². The van der Waals surface area contributed by atoms with Gasteiger partial charge >= 0.3 is 5.97 Å². The van der Waals surface area contributed by atoms with E-state index in [1.165, 1.54) is 6.21 Å². The second-order valence-electron chi connectivity index (χ2n) is 8.89. The molecule has 0 fully saturated rings. The second kappa shape index (κ2) is 11.5. The third-order valence-electron chi connectivity index (χ3n) is 6.26. The van der Waals surface area contributed by atoms with Gasteiger partial charge in [0.25, 0.3) is 5.91 Å². The maximum absolute atomic E-state index is 13.4. The molecule has 41 heavy (non-hydrogen) atoms. The van der Waals surface area contributed by atoms with Crippen molar-refractivity contribution in [3.05, 3.63) is 109 Å². The van der Waals surface area contributed by atoms with E-state index in [4.69, 9.17) is 14.2 Å². The zero-order valence-corrected chi connectivity index (χ0v) is 25.7. The lowest BCUT2D eigenvalue weighted by Gasteiger charge is -2.11. The lowest BCUT2D eigenvalue weighted by atomic mass is 10.0. The first-order chi connectivity index (χ1) is 19.9. The molecule has 1 aromatic heterocycles. The summed E-state index contributed by atoms with van der Waals surface area (Å²) in [5.74, 6) is 0.238. The van der Waals surface area contributed by atoms with Gasteiger partial charge in [0.05, 0.1) is 16.3 Å². The van der Waals surface area contributed by atoms with Gasteiger partial charge in [0.15, 0.2) is 17.2 Å². The third-order valence-corrected chi connectivity index (χ3v) is 7.80. The van der Waals surface area contributed by atoms with E-state index in [-0.39, 0.29) is 12.5 Å². The highest BCUT2D eigenvalue weighted by Crippen LogP contribution is 2.36. The van der Waals surface area contributed by atoms with Crippen molar-refractivity contribution >= 4 is 76.8 Å². The number of fused-ring (bicyclic) bond motifs is 2. The number of carbonyl (C=O) groups is 2. The average Bonchev–Trinajstić information content (AvgIpc) is 3.59. The van der Waals surface area contributed by atoms with Gasteiger partial charge in [-0.2, -0.15) is 5.10 Å². The molecule has 0 aliphatic carbocycles. The van der Waals surface area contributed by atoms with Crippen LogP contribution in [0.4, 0.5) is 0 Å². The van der Waals surface area contributed by atoms with E-state index in [9.17, 15) is 9.59 Å². The largest absolute Gasteiger partial charge is 0.454 e. The zero-order chi connectivity index (χ0) is 28.5. The summed E-state index contributed by atoms with van der Waals surface area (Å²) in [5.41, 5.74) is 6.17. The number of hydrogen-bond donors (Lipinski definition) is 2. The van der Waals surface area contributed by atoms with Crippen LogP contribution < -0.4 is 19.6 Å². The standard InChI is InChI=1S/C30H18Br3N3O5/c31-19-7-8-23-21(12-19)26(16-4-2-1-3-5-16)27(35-23)29(37)36-34-14-18-10-20(32)13-22(33)28(18)41-30(38)17-6-9-24-25(11-17)40-15-39-24/h1-14,35H,15H2,(H,36,37).